The molecule has 0 fully saturated rings. The number of ether oxygens (including phenoxy) is 1. The lowest BCUT2D eigenvalue weighted by Gasteiger charge is -2.29. The van der Waals surface area contributed by atoms with E-state index >= 15 is 0 Å². The second-order valence-electron chi connectivity index (χ2n) is 4.35. The Bertz CT molecular complexity index is 516. The third-order valence-corrected chi connectivity index (χ3v) is 3.82. The van der Waals surface area contributed by atoms with Crippen molar-refractivity contribution in [3.8, 4) is 5.75 Å². The number of nitrogens with two attached hydrogens (primary N) is 1. The summed E-state index contributed by atoms with van der Waals surface area (Å²) in [6, 6.07) is -0.982. The van der Waals surface area contributed by atoms with E-state index in [0.29, 0.717) is 10.0 Å². The van der Waals surface area contributed by atoms with E-state index in [2.05, 4.69) is 15.9 Å². The molecule has 1 atom stereocenters. The first-order valence-corrected chi connectivity index (χ1v) is 6.28. The Hall–Kier alpha value is -0.890. The van der Waals surface area contributed by atoms with E-state index in [9.17, 15) is 22.0 Å². The van der Waals surface area contributed by atoms with Crippen LogP contribution in [0.2, 0.25) is 0 Å². The molecule has 0 saturated heterocycles. The molecule has 0 amide bonds. The van der Waals surface area contributed by atoms with Crippen LogP contribution in [0.15, 0.2) is 10.5 Å². The average molecular weight is 362 g/mol. The van der Waals surface area contributed by atoms with Crippen molar-refractivity contribution >= 4 is 15.9 Å². The van der Waals surface area contributed by atoms with E-state index in [0.717, 1.165) is 0 Å². The maximum Gasteiger partial charge on any atom is 0.455 e. The van der Waals surface area contributed by atoms with Gasteiger partial charge in [0.05, 0.1) is 7.11 Å². The molecule has 0 aliphatic rings. The fourth-order valence-corrected chi connectivity index (χ4v) is 2.44. The van der Waals surface area contributed by atoms with E-state index < -0.39 is 18.1 Å². The summed E-state index contributed by atoms with van der Waals surface area (Å²) in [5.41, 5.74) is 5.44. The highest BCUT2D eigenvalue weighted by molar-refractivity contribution is 9.10. The van der Waals surface area contributed by atoms with Crippen molar-refractivity contribution in [3.63, 3.8) is 0 Å². The molecule has 2 nitrogen and oxygen atoms in total. The van der Waals surface area contributed by atoms with Crippen molar-refractivity contribution in [2.75, 3.05) is 7.11 Å². The van der Waals surface area contributed by atoms with Crippen molar-refractivity contribution < 1.29 is 26.7 Å². The quantitative estimate of drug-likeness (QED) is 0.815. The fraction of sp³-hybridized carbons (Fsp3) is 0.500. The van der Waals surface area contributed by atoms with Crippen LogP contribution in [0, 0.1) is 13.8 Å². The van der Waals surface area contributed by atoms with Gasteiger partial charge in [-0.2, -0.15) is 22.0 Å². The Morgan fingerprint density at radius 2 is 1.70 bits per heavy atom. The first-order valence-electron chi connectivity index (χ1n) is 5.48. The highest BCUT2D eigenvalue weighted by atomic mass is 79.9. The molecule has 0 radical (unpaired) electrons. The van der Waals surface area contributed by atoms with Gasteiger partial charge in [-0.15, -0.1) is 0 Å². The SMILES string of the molecule is COc1c(C)cc(Br)c(C)c1C(N)C(F)(F)C(F)(F)F. The molecule has 0 aliphatic heterocycles. The molecule has 0 aromatic heterocycles. The summed E-state index contributed by atoms with van der Waals surface area (Å²) in [4.78, 5) is 0. The first kappa shape index (κ1) is 17.2. The maximum atomic E-state index is 13.4. The molecular formula is C12H13BrF5NO. The molecule has 0 saturated carbocycles. The van der Waals surface area contributed by atoms with Crippen LogP contribution in [0.3, 0.4) is 0 Å². The summed E-state index contributed by atoms with van der Waals surface area (Å²) in [5, 5.41) is 0. The number of halogens is 6. The lowest BCUT2D eigenvalue weighted by molar-refractivity contribution is -0.291. The molecule has 8 heteroatoms. The number of methoxy groups -OCH3 is 1. The summed E-state index contributed by atoms with van der Waals surface area (Å²) in [6.07, 6.45) is -5.74. The number of benzene rings is 1. The molecule has 0 spiro atoms. The number of aryl methyl sites for hydroxylation is 1. The van der Waals surface area contributed by atoms with Gasteiger partial charge >= 0.3 is 12.1 Å². The minimum Gasteiger partial charge on any atom is -0.496 e. The van der Waals surface area contributed by atoms with Gasteiger partial charge in [-0.25, -0.2) is 0 Å². The lowest BCUT2D eigenvalue weighted by Crippen LogP contribution is -2.46. The summed E-state index contributed by atoms with van der Waals surface area (Å²) in [6.45, 7) is 2.93. The van der Waals surface area contributed by atoms with Gasteiger partial charge in [-0.3, -0.25) is 0 Å². The van der Waals surface area contributed by atoms with E-state index in [1.165, 1.54) is 21.0 Å². The van der Waals surface area contributed by atoms with Crippen molar-refractivity contribution in [1.29, 1.82) is 0 Å². The Labute approximate surface area is 121 Å². The number of hydrogen-bond donors (Lipinski definition) is 1. The maximum absolute atomic E-state index is 13.4. The predicted molar refractivity (Wildman–Crippen MR) is 68.1 cm³/mol. The van der Waals surface area contributed by atoms with Crippen molar-refractivity contribution in [2.24, 2.45) is 5.73 Å². The van der Waals surface area contributed by atoms with Crippen molar-refractivity contribution in [3.05, 3.63) is 27.2 Å². The molecule has 20 heavy (non-hydrogen) atoms. The van der Waals surface area contributed by atoms with E-state index in [-0.39, 0.29) is 16.9 Å². The molecular weight excluding hydrogens is 349 g/mol. The number of hydrogen-bond acceptors (Lipinski definition) is 2. The zero-order chi connectivity index (χ0) is 15.9. The zero-order valence-corrected chi connectivity index (χ0v) is 12.5. The smallest absolute Gasteiger partial charge is 0.455 e. The molecule has 0 bridgehead atoms. The molecule has 1 rings (SSSR count). The Morgan fingerprint density at radius 3 is 2.10 bits per heavy atom. The van der Waals surface area contributed by atoms with Gasteiger partial charge in [-0.1, -0.05) is 15.9 Å². The zero-order valence-electron chi connectivity index (χ0n) is 10.9. The van der Waals surface area contributed by atoms with Gasteiger partial charge in [0, 0.05) is 10.0 Å². The van der Waals surface area contributed by atoms with E-state index in [1.807, 2.05) is 0 Å². The second kappa shape index (κ2) is 5.48. The van der Waals surface area contributed by atoms with Crippen LogP contribution >= 0.6 is 15.9 Å². The number of rotatable bonds is 3. The Kier molecular flexibility index (Phi) is 4.70. The minimum absolute atomic E-state index is 0.0675. The number of alkyl halides is 5. The van der Waals surface area contributed by atoms with Crippen LogP contribution in [0.5, 0.6) is 5.75 Å². The van der Waals surface area contributed by atoms with Gasteiger partial charge in [0.1, 0.15) is 11.8 Å². The first-order chi connectivity index (χ1) is 8.95. The third kappa shape index (κ3) is 2.76. The third-order valence-electron chi connectivity index (χ3n) is 2.99. The van der Waals surface area contributed by atoms with Gasteiger partial charge < -0.3 is 10.5 Å². The Balaban J connectivity index is 3.54. The molecule has 1 aromatic carbocycles. The van der Waals surface area contributed by atoms with Gasteiger partial charge in [0.2, 0.25) is 0 Å². The van der Waals surface area contributed by atoms with Crippen LogP contribution in [0.4, 0.5) is 22.0 Å². The molecule has 0 heterocycles. The Morgan fingerprint density at radius 1 is 1.20 bits per heavy atom. The highest BCUT2D eigenvalue weighted by Gasteiger charge is 2.62. The normalized spacial score (nSPS) is 14.3. The lowest BCUT2D eigenvalue weighted by atomic mass is 9.93. The second-order valence-corrected chi connectivity index (χ2v) is 5.20. The van der Waals surface area contributed by atoms with Crippen molar-refractivity contribution in [1.82, 2.24) is 0 Å². The van der Waals surface area contributed by atoms with E-state index in [4.69, 9.17) is 10.5 Å². The standard InChI is InChI=1S/C12H13BrF5NO/c1-5-4-7(13)6(2)8(9(5)20-3)10(19)11(14,15)12(16,17)18/h4,10H,19H2,1-3H3. The molecule has 2 N–H and O–H groups in total. The van der Waals surface area contributed by atoms with Crippen LogP contribution < -0.4 is 10.5 Å². The minimum atomic E-state index is -5.74. The highest BCUT2D eigenvalue weighted by Crippen LogP contribution is 2.47. The molecule has 1 aromatic rings. The van der Waals surface area contributed by atoms with Crippen LogP contribution in [0.25, 0.3) is 0 Å². The average Bonchev–Trinajstić information content (AvgIpc) is 2.31. The van der Waals surface area contributed by atoms with Crippen LogP contribution in [0.1, 0.15) is 22.7 Å². The summed E-state index contributed by atoms with van der Waals surface area (Å²) >= 11 is 3.11. The predicted octanol–water partition coefficient (Wildman–Crippen LogP) is 4.27. The summed E-state index contributed by atoms with van der Waals surface area (Å²) < 4.78 is 69.6. The van der Waals surface area contributed by atoms with E-state index in [1.54, 1.807) is 6.07 Å². The van der Waals surface area contributed by atoms with Crippen molar-refractivity contribution in [2.45, 2.75) is 32.0 Å². The van der Waals surface area contributed by atoms with Gasteiger partial charge in [-0.05, 0) is 31.0 Å². The largest absolute Gasteiger partial charge is 0.496 e. The molecule has 1 unspecified atom stereocenters. The topological polar surface area (TPSA) is 35.2 Å². The molecule has 0 aliphatic carbocycles. The molecule has 114 valence electrons. The fourth-order valence-electron chi connectivity index (χ4n) is 1.88. The van der Waals surface area contributed by atoms with Crippen LogP contribution in [-0.4, -0.2) is 19.2 Å². The van der Waals surface area contributed by atoms with Gasteiger partial charge in [0.25, 0.3) is 0 Å². The van der Waals surface area contributed by atoms with Gasteiger partial charge in [0.15, 0.2) is 0 Å². The summed E-state index contributed by atoms with van der Waals surface area (Å²) in [5.74, 6) is -5.12. The van der Waals surface area contributed by atoms with Crippen LogP contribution in [-0.2, 0) is 0 Å². The monoisotopic (exact) mass is 361 g/mol. The summed E-state index contributed by atoms with van der Waals surface area (Å²) in [7, 11) is 1.19.